The Morgan fingerprint density at radius 3 is 3.04 bits per heavy atom. The number of aromatic amines is 1. The van der Waals surface area contributed by atoms with Gasteiger partial charge in [-0.1, -0.05) is 13.0 Å². The molecular weight excluding hydrogens is 304 g/mol. The number of hydrogen-bond donors (Lipinski definition) is 1. The molecule has 0 amide bonds. The summed E-state index contributed by atoms with van der Waals surface area (Å²) in [6.07, 6.45) is 2.90. The number of nitrogens with zero attached hydrogens (tertiary/aromatic N) is 5. The van der Waals surface area contributed by atoms with Gasteiger partial charge in [-0.25, -0.2) is 9.97 Å². The highest BCUT2D eigenvalue weighted by molar-refractivity contribution is 5.41. The van der Waals surface area contributed by atoms with Gasteiger partial charge in [0.2, 0.25) is 0 Å². The van der Waals surface area contributed by atoms with Gasteiger partial charge in [0.15, 0.2) is 5.82 Å². The molecule has 3 aromatic heterocycles. The Morgan fingerprint density at radius 1 is 1.33 bits per heavy atom. The molecule has 4 heterocycles. The largest absolute Gasteiger partial charge is 0.367 e. The predicted molar refractivity (Wildman–Crippen MR) is 89.7 cm³/mol. The number of rotatable bonds is 4. The third-order valence-electron chi connectivity index (χ3n) is 4.45. The maximum absolute atomic E-state index is 5.86. The van der Waals surface area contributed by atoms with Crippen molar-refractivity contribution in [3.05, 3.63) is 47.4 Å². The first kappa shape index (κ1) is 15.3. The Kier molecular flexibility index (Phi) is 4.03. The molecule has 0 aliphatic carbocycles. The Labute approximate surface area is 140 Å². The number of aromatic nitrogens is 5. The molecule has 0 bridgehead atoms. The van der Waals surface area contributed by atoms with Crippen molar-refractivity contribution in [2.24, 2.45) is 0 Å². The number of fused-ring (bicyclic) bond motifs is 1. The molecule has 7 nitrogen and oxygen atoms in total. The fourth-order valence-electron chi connectivity index (χ4n) is 3.12. The van der Waals surface area contributed by atoms with Crippen molar-refractivity contribution in [2.45, 2.75) is 32.9 Å². The summed E-state index contributed by atoms with van der Waals surface area (Å²) >= 11 is 0. The van der Waals surface area contributed by atoms with Crippen LogP contribution in [0.15, 0.2) is 24.4 Å². The molecule has 1 N–H and O–H groups in total. The third-order valence-corrected chi connectivity index (χ3v) is 4.45. The number of pyridine rings is 1. The number of H-pyrrole nitrogens is 1. The van der Waals surface area contributed by atoms with E-state index in [4.69, 9.17) is 9.72 Å². The van der Waals surface area contributed by atoms with E-state index in [0.717, 1.165) is 49.0 Å². The molecule has 7 heteroatoms. The van der Waals surface area contributed by atoms with Crippen molar-refractivity contribution >= 4 is 5.65 Å². The summed E-state index contributed by atoms with van der Waals surface area (Å²) in [7, 11) is 0. The van der Waals surface area contributed by atoms with E-state index in [1.165, 1.54) is 5.69 Å². The molecule has 24 heavy (non-hydrogen) atoms. The SMILES string of the molecule is CCc1nc([C@H]2CN(Cc3cn4c(C)cccc4n3)CCO2)n[nH]1. The van der Waals surface area contributed by atoms with Crippen molar-refractivity contribution < 1.29 is 4.74 Å². The average molecular weight is 326 g/mol. The zero-order valence-corrected chi connectivity index (χ0v) is 14.1. The van der Waals surface area contributed by atoms with E-state index < -0.39 is 0 Å². The molecule has 0 aromatic carbocycles. The second-order valence-electron chi connectivity index (χ2n) is 6.22. The molecular formula is C17H22N6O. The molecule has 1 aliphatic heterocycles. The lowest BCUT2D eigenvalue weighted by Gasteiger charge is -2.30. The molecule has 1 fully saturated rings. The van der Waals surface area contributed by atoms with Gasteiger partial charge in [0, 0.05) is 37.9 Å². The smallest absolute Gasteiger partial charge is 0.180 e. The second-order valence-corrected chi connectivity index (χ2v) is 6.22. The van der Waals surface area contributed by atoms with Crippen molar-refractivity contribution in [3.8, 4) is 0 Å². The van der Waals surface area contributed by atoms with Crippen LogP contribution in [0.2, 0.25) is 0 Å². The average Bonchev–Trinajstić information content (AvgIpc) is 3.22. The van der Waals surface area contributed by atoms with Crippen LogP contribution in [0.4, 0.5) is 0 Å². The molecule has 0 radical (unpaired) electrons. The fourth-order valence-corrected chi connectivity index (χ4v) is 3.12. The van der Waals surface area contributed by atoms with Crippen LogP contribution < -0.4 is 0 Å². The monoisotopic (exact) mass is 326 g/mol. The molecule has 0 spiro atoms. The number of aryl methyl sites for hydroxylation is 2. The fraction of sp³-hybridized carbons (Fsp3) is 0.471. The summed E-state index contributed by atoms with van der Waals surface area (Å²) in [5.74, 6) is 1.66. The third kappa shape index (κ3) is 2.92. The first-order valence-electron chi connectivity index (χ1n) is 8.41. The van der Waals surface area contributed by atoms with Crippen molar-refractivity contribution in [2.75, 3.05) is 19.7 Å². The van der Waals surface area contributed by atoms with Crippen LogP contribution >= 0.6 is 0 Å². The molecule has 126 valence electrons. The van der Waals surface area contributed by atoms with Gasteiger partial charge in [-0.05, 0) is 19.1 Å². The van der Waals surface area contributed by atoms with Gasteiger partial charge in [-0.2, -0.15) is 5.10 Å². The molecule has 0 unspecified atom stereocenters. The van der Waals surface area contributed by atoms with E-state index in [2.05, 4.69) is 50.6 Å². The Hall–Kier alpha value is -2.25. The Balaban J connectivity index is 1.48. The quantitative estimate of drug-likeness (QED) is 0.793. The highest BCUT2D eigenvalue weighted by Gasteiger charge is 2.25. The molecule has 4 rings (SSSR count). The van der Waals surface area contributed by atoms with Crippen LogP contribution in [0.25, 0.3) is 5.65 Å². The number of hydrogen-bond acceptors (Lipinski definition) is 5. The van der Waals surface area contributed by atoms with Gasteiger partial charge in [0.25, 0.3) is 0 Å². The number of ether oxygens (including phenoxy) is 1. The molecule has 1 atom stereocenters. The van der Waals surface area contributed by atoms with Crippen LogP contribution in [-0.2, 0) is 17.7 Å². The summed E-state index contributed by atoms with van der Waals surface area (Å²) in [4.78, 5) is 11.6. The molecule has 1 aliphatic rings. The maximum atomic E-state index is 5.86. The number of nitrogens with one attached hydrogen (secondary N) is 1. The zero-order valence-electron chi connectivity index (χ0n) is 14.1. The maximum Gasteiger partial charge on any atom is 0.180 e. The van der Waals surface area contributed by atoms with Gasteiger partial charge in [-0.3, -0.25) is 10.00 Å². The van der Waals surface area contributed by atoms with Gasteiger partial charge < -0.3 is 9.14 Å². The van der Waals surface area contributed by atoms with E-state index in [-0.39, 0.29) is 6.10 Å². The van der Waals surface area contributed by atoms with Gasteiger partial charge in [-0.15, -0.1) is 0 Å². The van der Waals surface area contributed by atoms with E-state index in [1.54, 1.807) is 0 Å². The van der Waals surface area contributed by atoms with Crippen LogP contribution in [0.5, 0.6) is 0 Å². The van der Waals surface area contributed by atoms with Crippen LogP contribution in [0.1, 0.15) is 36.1 Å². The minimum atomic E-state index is -0.0749. The van der Waals surface area contributed by atoms with Crippen molar-refractivity contribution in [1.82, 2.24) is 29.5 Å². The predicted octanol–water partition coefficient (Wildman–Crippen LogP) is 1.90. The zero-order chi connectivity index (χ0) is 16.5. The number of imidazole rings is 1. The van der Waals surface area contributed by atoms with Gasteiger partial charge in [0.1, 0.15) is 17.6 Å². The van der Waals surface area contributed by atoms with Crippen LogP contribution in [0.3, 0.4) is 0 Å². The topological polar surface area (TPSA) is 71.3 Å². The van der Waals surface area contributed by atoms with Gasteiger partial charge >= 0.3 is 0 Å². The minimum absolute atomic E-state index is 0.0749. The highest BCUT2D eigenvalue weighted by atomic mass is 16.5. The first-order valence-corrected chi connectivity index (χ1v) is 8.41. The summed E-state index contributed by atoms with van der Waals surface area (Å²) in [5, 5.41) is 7.26. The van der Waals surface area contributed by atoms with E-state index in [9.17, 15) is 0 Å². The summed E-state index contributed by atoms with van der Waals surface area (Å²) in [6.45, 7) is 7.34. The Morgan fingerprint density at radius 2 is 2.25 bits per heavy atom. The van der Waals surface area contributed by atoms with E-state index >= 15 is 0 Å². The lowest BCUT2D eigenvalue weighted by molar-refractivity contribution is -0.0373. The standard InChI is InChI=1S/C17H22N6O/c1-3-15-19-17(21-20-15)14-11-22(7-8-24-14)9-13-10-23-12(2)5-4-6-16(23)18-13/h4-6,10,14H,3,7-9,11H2,1-2H3,(H,19,20,21)/t14-/m1/s1. The highest BCUT2D eigenvalue weighted by Crippen LogP contribution is 2.21. The van der Waals surface area contributed by atoms with E-state index in [0.29, 0.717) is 6.61 Å². The lowest BCUT2D eigenvalue weighted by Crippen LogP contribution is -2.38. The summed E-state index contributed by atoms with van der Waals surface area (Å²) in [6, 6.07) is 6.18. The van der Waals surface area contributed by atoms with Crippen molar-refractivity contribution in [3.63, 3.8) is 0 Å². The minimum Gasteiger partial charge on any atom is -0.367 e. The van der Waals surface area contributed by atoms with Crippen LogP contribution in [-0.4, -0.2) is 49.2 Å². The Bertz CT molecular complexity index is 839. The lowest BCUT2D eigenvalue weighted by atomic mass is 10.2. The summed E-state index contributed by atoms with van der Waals surface area (Å²) in [5.41, 5.74) is 3.27. The van der Waals surface area contributed by atoms with Crippen molar-refractivity contribution in [1.29, 1.82) is 0 Å². The molecule has 3 aromatic rings. The molecule has 1 saturated heterocycles. The molecule has 0 saturated carbocycles. The normalized spacial score (nSPS) is 19.2. The first-order chi connectivity index (χ1) is 11.7. The second kappa shape index (κ2) is 6.33. The van der Waals surface area contributed by atoms with Gasteiger partial charge in [0.05, 0.1) is 12.3 Å². The number of morpholine rings is 1. The van der Waals surface area contributed by atoms with Crippen LogP contribution in [0, 0.1) is 6.92 Å². The van der Waals surface area contributed by atoms with E-state index in [1.807, 2.05) is 12.1 Å². The summed E-state index contributed by atoms with van der Waals surface area (Å²) < 4.78 is 7.99.